The number of hydrogen-bond acceptors (Lipinski definition) is 3. The molecule has 0 heterocycles. The minimum absolute atomic E-state index is 0.118. The van der Waals surface area contributed by atoms with Gasteiger partial charge in [-0.15, -0.1) is 0 Å². The quantitative estimate of drug-likeness (QED) is 0.778. The SMILES string of the molecule is CC[C@H](CO)NCc1ccc(OCc2ccccc2)c(Cl)c1. The average molecular weight is 320 g/mol. The lowest BCUT2D eigenvalue weighted by Crippen LogP contribution is -2.31. The molecule has 0 saturated heterocycles. The number of aliphatic hydroxyl groups is 1. The van der Waals surface area contributed by atoms with Gasteiger partial charge in [0.25, 0.3) is 0 Å². The van der Waals surface area contributed by atoms with Gasteiger partial charge in [-0.25, -0.2) is 0 Å². The van der Waals surface area contributed by atoms with Crippen molar-refractivity contribution in [1.29, 1.82) is 0 Å². The van der Waals surface area contributed by atoms with Crippen molar-refractivity contribution in [1.82, 2.24) is 5.32 Å². The van der Waals surface area contributed by atoms with E-state index in [0.717, 1.165) is 17.5 Å². The van der Waals surface area contributed by atoms with Crippen molar-refractivity contribution >= 4 is 11.6 Å². The lowest BCUT2D eigenvalue weighted by Gasteiger charge is -2.15. The van der Waals surface area contributed by atoms with Crippen LogP contribution >= 0.6 is 11.6 Å². The molecule has 0 fully saturated rings. The van der Waals surface area contributed by atoms with Crippen LogP contribution in [0.5, 0.6) is 5.75 Å². The Labute approximate surface area is 136 Å². The van der Waals surface area contributed by atoms with E-state index in [9.17, 15) is 5.11 Å². The van der Waals surface area contributed by atoms with E-state index in [4.69, 9.17) is 16.3 Å². The zero-order chi connectivity index (χ0) is 15.8. The summed E-state index contributed by atoms with van der Waals surface area (Å²) >= 11 is 6.28. The summed E-state index contributed by atoms with van der Waals surface area (Å²) in [6, 6.07) is 15.9. The summed E-state index contributed by atoms with van der Waals surface area (Å²) in [7, 11) is 0. The van der Waals surface area contributed by atoms with Crippen molar-refractivity contribution in [3.63, 3.8) is 0 Å². The Balaban J connectivity index is 1.92. The van der Waals surface area contributed by atoms with Gasteiger partial charge in [-0.1, -0.05) is 54.9 Å². The second-order valence-corrected chi connectivity index (χ2v) is 5.61. The lowest BCUT2D eigenvalue weighted by molar-refractivity contribution is 0.238. The van der Waals surface area contributed by atoms with E-state index in [0.29, 0.717) is 23.9 Å². The molecule has 2 aromatic carbocycles. The molecule has 0 aromatic heterocycles. The number of hydrogen-bond donors (Lipinski definition) is 2. The summed E-state index contributed by atoms with van der Waals surface area (Å²) in [6.07, 6.45) is 0.891. The van der Waals surface area contributed by atoms with Crippen molar-refractivity contribution in [3.05, 3.63) is 64.7 Å². The maximum Gasteiger partial charge on any atom is 0.138 e. The zero-order valence-corrected chi connectivity index (χ0v) is 13.5. The number of ether oxygens (including phenoxy) is 1. The van der Waals surface area contributed by atoms with Gasteiger partial charge in [-0.3, -0.25) is 0 Å². The summed E-state index contributed by atoms with van der Waals surface area (Å²) in [5.41, 5.74) is 2.18. The van der Waals surface area contributed by atoms with Crippen molar-refractivity contribution in [2.75, 3.05) is 6.61 Å². The van der Waals surface area contributed by atoms with Gasteiger partial charge in [0.1, 0.15) is 12.4 Å². The molecule has 3 nitrogen and oxygen atoms in total. The summed E-state index contributed by atoms with van der Waals surface area (Å²) in [5.74, 6) is 0.684. The number of rotatable bonds is 8. The van der Waals surface area contributed by atoms with Gasteiger partial charge in [0.2, 0.25) is 0 Å². The van der Waals surface area contributed by atoms with Crippen LogP contribution in [-0.2, 0) is 13.2 Å². The fourth-order valence-electron chi connectivity index (χ4n) is 2.11. The fourth-order valence-corrected chi connectivity index (χ4v) is 2.36. The first kappa shape index (κ1) is 16.8. The smallest absolute Gasteiger partial charge is 0.138 e. The van der Waals surface area contributed by atoms with Crippen LogP contribution in [0.15, 0.2) is 48.5 Å². The van der Waals surface area contributed by atoms with Gasteiger partial charge in [0.05, 0.1) is 11.6 Å². The van der Waals surface area contributed by atoms with E-state index >= 15 is 0 Å². The zero-order valence-electron chi connectivity index (χ0n) is 12.8. The van der Waals surface area contributed by atoms with Crippen LogP contribution in [0.1, 0.15) is 24.5 Å². The molecule has 2 rings (SSSR count). The Hall–Kier alpha value is -1.55. The maximum absolute atomic E-state index is 9.17. The Morgan fingerprint density at radius 2 is 1.91 bits per heavy atom. The van der Waals surface area contributed by atoms with E-state index in [-0.39, 0.29) is 12.6 Å². The molecular formula is C18H22ClNO2. The molecule has 0 aliphatic carbocycles. The molecule has 118 valence electrons. The first-order valence-corrected chi connectivity index (χ1v) is 7.90. The van der Waals surface area contributed by atoms with Crippen molar-refractivity contribution < 1.29 is 9.84 Å². The number of nitrogens with one attached hydrogen (secondary N) is 1. The highest BCUT2D eigenvalue weighted by molar-refractivity contribution is 6.32. The fraction of sp³-hybridized carbons (Fsp3) is 0.333. The molecule has 0 unspecified atom stereocenters. The van der Waals surface area contributed by atoms with Gasteiger partial charge < -0.3 is 15.2 Å². The third kappa shape index (κ3) is 5.02. The number of aliphatic hydroxyl groups excluding tert-OH is 1. The van der Waals surface area contributed by atoms with Gasteiger partial charge in [0, 0.05) is 12.6 Å². The van der Waals surface area contributed by atoms with Crippen LogP contribution in [0.4, 0.5) is 0 Å². The molecule has 0 saturated carbocycles. The van der Waals surface area contributed by atoms with Crippen molar-refractivity contribution in [3.8, 4) is 5.75 Å². The molecule has 4 heteroatoms. The van der Waals surface area contributed by atoms with Gasteiger partial charge in [-0.2, -0.15) is 0 Å². The summed E-state index contributed by atoms with van der Waals surface area (Å²) in [6.45, 7) is 3.36. The second kappa shape index (κ2) is 8.79. The molecule has 1 atom stereocenters. The molecule has 22 heavy (non-hydrogen) atoms. The van der Waals surface area contributed by atoms with Crippen LogP contribution in [-0.4, -0.2) is 17.8 Å². The van der Waals surface area contributed by atoms with Crippen LogP contribution < -0.4 is 10.1 Å². The minimum atomic E-state index is 0.118. The van der Waals surface area contributed by atoms with E-state index in [2.05, 4.69) is 5.32 Å². The summed E-state index contributed by atoms with van der Waals surface area (Å²) in [5, 5.41) is 13.1. The van der Waals surface area contributed by atoms with E-state index in [1.165, 1.54) is 0 Å². The van der Waals surface area contributed by atoms with Crippen LogP contribution in [0.25, 0.3) is 0 Å². The summed E-state index contributed by atoms with van der Waals surface area (Å²) in [4.78, 5) is 0. The molecule has 0 radical (unpaired) electrons. The topological polar surface area (TPSA) is 41.5 Å². The molecule has 2 N–H and O–H groups in total. The highest BCUT2D eigenvalue weighted by atomic mass is 35.5. The second-order valence-electron chi connectivity index (χ2n) is 5.21. The van der Waals surface area contributed by atoms with E-state index in [1.807, 2.05) is 55.5 Å². The molecule has 0 spiro atoms. The Kier molecular flexibility index (Phi) is 6.72. The Bertz CT molecular complexity index is 571. The molecule has 0 amide bonds. The van der Waals surface area contributed by atoms with Crippen molar-refractivity contribution in [2.24, 2.45) is 0 Å². The third-order valence-corrected chi connectivity index (χ3v) is 3.84. The van der Waals surface area contributed by atoms with E-state index < -0.39 is 0 Å². The normalized spacial score (nSPS) is 12.1. The minimum Gasteiger partial charge on any atom is -0.487 e. The highest BCUT2D eigenvalue weighted by Crippen LogP contribution is 2.26. The average Bonchev–Trinajstić information content (AvgIpc) is 2.56. The largest absolute Gasteiger partial charge is 0.487 e. The van der Waals surface area contributed by atoms with Gasteiger partial charge >= 0.3 is 0 Å². The molecular weight excluding hydrogens is 298 g/mol. The molecule has 0 aliphatic heterocycles. The predicted molar refractivity (Wildman–Crippen MR) is 90.2 cm³/mol. The maximum atomic E-state index is 9.17. The Morgan fingerprint density at radius 3 is 2.55 bits per heavy atom. The van der Waals surface area contributed by atoms with Gasteiger partial charge in [0.15, 0.2) is 0 Å². The Morgan fingerprint density at radius 1 is 1.14 bits per heavy atom. The van der Waals surface area contributed by atoms with Gasteiger partial charge in [-0.05, 0) is 29.7 Å². The van der Waals surface area contributed by atoms with Crippen LogP contribution in [0, 0.1) is 0 Å². The van der Waals surface area contributed by atoms with Crippen molar-refractivity contribution in [2.45, 2.75) is 32.5 Å². The highest BCUT2D eigenvalue weighted by Gasteiger charge is 2.06. The number of halogens is 1. The number of benzene rings is 2. The lowest BCUT2D eigenvalue weighted by atomic mass is 10.2. The first-order valence-electron chi connectivity index (χ1n) is 7.52. The van der Waals surface area contributed by atoms with Crippen LogP contribution in [0.3, 0.4) is 0 Å². The first-order chi connectivity index (χ1) is 10.7. The molecule has 0 aliphatic rings. The monoisotopic (exact) mass is 319 g/mol. The molecule has 2 aromatic rings. The standard InChI is InChI=1S/C18H22ClNO2/c1-2-16(12-21)20-11-15-8-9-18(17(19)10-15)22-13-14-6-4-3-5-7-14/h3-10,16,20-21H,2,11-13H2,1H3/t16-/m1/s1. The summed E-state index contributed by atoms with van der Waals surface area (Å²) < 4.78 is 5.75. The molecule has 0 bridgehead atoms. The predicted octanol–water partition coefficient (Wildman–Crippen LogP) is 3.78. The van der Waals surface area contributed by atoms with E-state index in [1.54, 1.807) is 0 Å². The van der Waals surface area contributed by atoms with Crippen LogP contribution in [0.2, 0.25) is 5.02 Å². The third-order valence-electron chi connectivity index (χ3n) is 3.54.